The van der Waals surface area contributed by atoms with Crippen molar-refractivity contribution in [2.24, 2.45) is 11.0 Å². The van der Waals surface area contributed by atoms with Crippen molar-refractivity contribution in [3.8, 4) is 5.75 Å². The zero-order valence-corrected chi connectivity index (χ0v) is 17.9. The normalized spacial score (nSPS) is 12.1. The molecule has 2 aromatic rings. The Kier molecular flexibility index (Phi) is 8.49. The van der Waals surface area contributed by atoms with Gasteiger partial charge < -0.3 is 10.1 Å². The highest BCUT2D eigenvalue weighted by molar-refractivity contribution is 6.42. The van der Waals surface area contributed by atoms with Gasteiger partial charge in [0.15, 0.2) is 0 Å². The second kappa shape index (κ2) is 10.8. The molecule has 0 aliphatic rings. The summed E-state index contributed by atoms with van der Waals surface area (Å²) in [7, 11) is 0. The number of carbonyl (C=O) groups excluding carboxylic acids is 2. The van der Waals surface area contributed by atoms with Crippen LogP contribution in [-0.4, -0.2) is 30.7 Å². The summed E-state index contributed by atoms with van der Waals surface area (Å²) >= 11 is 11.8. The van der Waals surface area contributed by atoms with E-state index in [0.29, 0.717) is 17.2 Å². The van der Waals surface area contributed by atoms with E-state index in [-0.39, 0.29) is 10.9 Å². The Morgan fingerprint density at radius 1 is 1.14 bits per heavy atom. The van der Waals surface area contributed by atoms with E-state index in [1.165, 1.54) is 18.3 Å². The molecule has 0 saturated carbocycles. The summed E-state index contributed by atoms with van der Waals surface area (Å²) in [5.74, 6) is -0.286. The fraction of sp³-hybridized carbons (Fsp3) is 0.286. The fourth-order valence-electron chi connectivity index (χ4n) is 2.49. The molecule has 1 atom stereocenters. The number of nitrogens with zero attached hydrogens (tertiary/aromatic N) is 1. The molecule has 1 unspecified atom stereocenters. The molecule has 0 aromatic heterocycles. The third kappa shape index (κ3) is 6.76. The zero-order chi connectivity index (χ0) is 21.4. The molecule has 0 heterocycles. The van der Waals surface area contributed by atoms with Crippen molar-refractivity contribution in [3.63, 3.8) is 0 Å². The first-order chi connectivity index (χ1) is 13.8. The number of ether oxygens (including phenoxy) is 1. The summed E-state index contributed by atoms with van der Waals surface area (Å²) in [5, 5.41) is 7.31. The highest BCUT2D eigenvalue weighted by Gasteiger charge is 2.24. The maximum atomic E-state index is 12.5. The average molecular weight is 436 g/mol. The molecule has 2 rings (SSSR count). The van der Waals surface area contributed by atoms with Crippen LogP contribution in [0.25, 0.3) is 0 Å². The van der Waals surface area contributed by atoms with Gasteiger partial charge in [0.05, 0.1) is 22.9 Å². The van der Waals surface area contributed by atoms with Gasteiger partial charge in [-0.1, -0.05) is 49.2 Å². The average Bonchev–Trinajstić information content (AvgIpc) is 2.68. The molecule has 8 heteroatoms. The van der Waals surface area contributed by atoms with E-state index in [9.17, 15) is 9.59 Å². The molecule has 0 aliphatic carbocycles. The smallest absolute Gasteiger partial charge is 0.262 e. The number of benzene rings is 2. The number of nitrogens with one attached hydrogen (secondary N) is 2. The van der Waals surface area contributed by atoms with E-state index in [1.54, 1.807) is 6.07 Å². The van der Waals surface area contributed by atoms with Gasteiger partial charge in [-0.05, 0) is 48.7 Å². The van der Waals surface area contributed by atoms with Gasteiger partial charge in [-0.25, -0.2) is 5.43 Å². The molecule has 2 aromatic carbocycles. The van der Waals surface area contributed by atoms with Crippen LogP contribution in [0.1, 0.15) is 36.7 Å². The lowest BCUT2D eigenvalue weighted by atomic mass is 10.0. The minimum Gasteiger partial charge on any atom is -0.494 e. The Morgan fingerprint density at radius 2 is 1.90 bits per heavy atom. The predicted molar refractivity (Wildman–Crippen MR) is 116 cm³/mol. The highest BCUT2D eigenvalue weighted by Crippen LogP contribution is 2.22. The lowest BCUT2D eigenvalue weighted by molar-refractivity contribution is -0.123. The molecule has 0 aliphatic heterocycles. The molecule has 0 fully saturated rings. The molecule has 0 saturated heterocycles. The van der Waals surface area contributed by atoms with Gasteiger partial charge in [-0.15, -0.1) is 0 Å². The molecule has 29 heavy (non-hydrogen) atoms. The van der Waals surface area contributed by atoms with Crippen LogP contribution in [0.5, 0.6) is 5.75 Å². The Bertz CT molecular complexity index is 900. The van der Waals surface area contributed by atoms with E-state index < -0.39 is 17.9 Å². The summed E-state index contributed by atoms with van der Waals surface area (Å²) in [6.45, 7) is 6.12. The molecule has 0 radical (unpaired) electrons. The minimum absolute atomic E-state index is 0.154. The van der Waals surface area contributed by atoms with E-state index in [0.717, 1.165) is 11.3 Å². The first-order valence-electron chi connectivity index (χ1n) is 9.13. The monoisotopic (exact) mass is 435 g/mol. The van der Waals surface area contributed by atoms with Crippen molar-refractivity contribution in [2.45, 2.75) is 26.8 Å². The standard InChI is InChI=1S/C21H23Cl2N3O3/c1-4-29-16-7-5-6-14(10-16)12-24-26-21(28)19(13(2)3)25-20(27)15-8-9-17(22)18(23)11-15/h5-13,19H,4H2,1-3H3,(H,25,27)(H,26,28). The Hall–Kier alpha value is -2.57. The van der Waals surface area contributed by atoms with Crippen LogP contribution in [-0.2, 0) is 4.79 Å². The van der Waals surface area contributed by atoms with Gasteiger partial charge in [-0.2, -0.15) is 5.10 Å². The van der Waals surface area contributed by atoms with Crippen LogP contribution in [0.15, 0.2) is 47.6 Å². The van der Waals surface area contributed by atoms with E-state index in [1.807, 2.05) is 45.0 Å². The van der Waals surface area contributed by atoms with Crippen LogP contribution >= 0.6 is 23.2 Å². The predicted octanol–water partition coefficient (Wildman–Crippen LogP) is 4.30. The maximum Gasteiger partial charge on any atom is 0.262 e. The molecule has 2 N–H and O–H groups in total. The van der Waals surface area contributed by atoms with Gasteiger partial charge in [0.2, 0.25) is 0 Å². The van der Waals surface area contributed by atoms with Crippen LogP contribution in [0.3, 0.4) is 0 Å². The molecule has 2 amide bonds. The molecule has 0 spiro atoms. The van der Waals surface area contributed by atoms with Crippen LogP contribution in [0, 0.1) is 5.92 Å². The number of halogens is 2. The number of rotatable bonds is 8. The zero-order valence-electron chi connectivity index (χ0n) is 16.4. The third-order valence-corrected chi connectivity index (χ3v) is 4.71. The summed E-state index contributed by atoms with van der Waals surface area (Å²) in [4.78, 5) is 25.0. The Morgan fingerprint density at radius 3 is 2.55 bits per heavy atom. The number of hydrogen-bond donors (Lipinski definition) is 2. The number of hydrogen-bond acceptors (Lipinski definition) is 4. The quantitative estimate of drug-likeness (QED) is 0.479. The lowest BCUT2D eigenvalue weighted by Crippen LogP contribution is -2.48. The molecule has 0 bridgehead atoms. The second-order valence-corrected chi connectivity index (χ2v) is 7.38. The number of hydrazone groups is 1. The number of amides is 2. The fourth-order valence-corrected chi connectivity index (χ4v) is 2.79. The van der Waals surface area contributed by atoms with Crippen LogP contribution in [0.4, 0.5) is 0 Å². The van der Waals surface area contributed by atoms with E-state index >= 15 is 0 Å². The van der Waals surface area contributed by atoms with Crippen molar-refractivity contribution < 1.29 is 14.3 Å². The van der Waals surface area contributed by atoms with Gasteiger partial charge in [0.25, 0.3) is 11.8 Å². The first-order valence-corrected chi connectivity index (χ1v) is 9.89. The van der Waals surface area contributed by atoms with Crippen molar-refractivity contribution in [3.05, 3.63) is 63.6 Å². The van der Waals surface area contributed by atoms with Crippen molar-refractivity contribution in [1.82, 2.24) is 10.7 Å². The first kappa shape index (κ1) is 22.7. The highest BCUT2D eigenvalue weighted by atomic mass is 35.5. The SMILES string of the molecule is CCOc1cccc(C=NNC(=O)C(NC(=O)c2ccc(Cl)c(Cl)c2)C(C)C)c1. The summed E-state index contributed by atoms with van der Waals surface area (Å²) in [5.41, 5.74) is 3.56. The van der Waals surface area contributed by atoms with Crippen molar-refractivity contribution in [2.75, 3.05) is 6.61 Å². The van der Waals surface area contributed by atoms with E-state index in [4.69, 9.17) is 27.9 Å². The topological polar surface area (TPSA) is 79.8 Å². The number of carbonyl (C=O) groups is 2. The Labute approximate surface area is 180 Å². The summed E-state index contributed by atoms with van der Waals surface area (Å²) in [6.07, 6.45) is 1.51. The molecule has 154 valence electrons. The van der Waals surface area contributed by atoms with Gasteiger partial charge in [0, 0.05) is 5.56 Å². The minimum atomic E-state index is -0.774. The maximum absolute atomic E-state index is 12.5. The van der Waals surface area contributed by atoms with E-state index in [2.05, 4.69) is 15.8 Å². The Balaban J connectivity index is 2.02. The van der Waals surface area contributed by atoms with Crippen molar-refractivity contribution in [1.29, 1.82) is 0 Å². The largest absolute Gasteiger partial charge is 0.494 e. The summed E-state index contributed by atoms with van der Waals surface area (Å²) < 4.78 is 5.43. The second-order valence-electron chi connectivity index (χ2n) is 6.56. The lowest BCUT2D eigenvalue weighted by Gasteiger charge is -2.20. The molecular formula is C21H23Cl2N3O3. The van der Waals surface area contributed by atoms with Crippen LogP contribution < -0.4 is 15.5 Å². The molecule has 6 nitrogen and oxygen atoms in total. The summed E-state index contributed by atoms with van der Waals surface area (Å²) in [6, 6.07) is 11.1. The van der Waals surface area contributed by atoms with Gasteiger partial charge in [0.1, 0.15) is 11.8 Å². The third-order valence-electron chi connectivity index (χ3n) is 3.97. The van der Waals surface area contributed by atoms with Gasteiger partial charge >= 0.3 is 0 Å². The van der Waals surface area contributed by atoms with Crippen LogP contribution in [0.2, 0.25) is 10.0 Å². The molecular weight excluding hydrogens is 413 g/mol. The van der Waals surface area contributed by atoms with Gasteiger partial charge in [-0.3, -0.25) is 9.59 Å². The van der Waals surface area contributed by atoms with Crippen molar-refractivity contribution >= 4 is 41.2 Å².